The molecular formula is C25H34N2O10. The number of aliphatic hydroxyl groups is 3. The van der Waals surface area contributed by atoms with Crippen molar-refractivity contribution in [2.75, 3.05) is 19.8 Å². The fourth-order valence-corrected chi connectivity index (χ4v) is 5.15. The molecule has 5 atom stereocenters. The minimum Gasteiger partial charge on any atom is -0.494 e. The van der Waals surface area contributed by atoms with Crippen LogP contribution < -0.4 is 0 Å². The number of hydrogen-bond donors (Lipinski definition) is 5. The molecule has 204 valence electrons. The molecule has 1 fully saturated rings. The maximum Gasteiger partial charge on any atom is 0.307 e. The van der Waals surface area contributed by atoms with Gasteiger partial charge in [0, 0.05) is 35.9 Å². The largest absolute Gasteiger partial charge is 0.494 e. The van der Waals surface area contributed by atoms with Crippen molar-refractivity contribution in [2.45, 2.75) is 70.0 Å². The number of nitrogens with zero attached hydrogens (tertiary/aromatic N) is 2. The molecule has 0 saturated heterocycles. The molecule has 2 aromatic rings. The number of aliphatic hydroxyl groups excluding tert-OH is 3. The normalized spacial score (nSPS) is 24.9. The van der Waals surface area contributed by atoms with Crippen molar-refractivity contribution in [1.29, 1.82) is 0 Å². The maximum atomic E-state index is 11.8. The van der Waals surface area contributed by atoms with Crippen molar-refractivity contribution < 1.29 is 49.1 Å². The molecule has 0 unspecified atom stereocenters. The van der Waals surface area contributed by atoms with E-state index in [0.717, 1.165) is 0 Å². The summed E-state index contributed by atoms with van der Waals surface area (Å²) in [6.07, 6.45) is -0.863. The predicted octanol–water partition coefficient (Wildman–Crippen LogP) is 1.17. The summed E-state index contributed by atoms with van der Waals surface area (Å²) in [7, 11) is 0. The van der Waals surface area contributed by atoms with Crippen LogP contribution in [0.5, 0.6) is 11.8 Å². The molecule has 4 rings (SSSR count). The zero-order valence-electron chi connectivity index (χ0n) is 20.7. The Morgan fingerprint density at radius 1 is 1.27 bits per heavy atom. The number of esters is 1. The van der Waals surface area contributed by atoms with Gasteiger partial charge in [-0.2, -0.15) is 0 Å². The summed E-state index contributed by atoms with van der Waals surface area (Å²) in [5.74, 6) is -1.34. The standard InChI is InChI=1S/C25H34N2O10/c1-2-35-20(30)7-8-27-24(32)17-6-5-16-18(10-19(29)23(31)21(16)22(17)25(27)33)26-37-12-14(28)11-34-13-15-4-3-9-36-15/h3-4,9,14,16,19,21,23,28-29,31-33H,2,5-8,10-13H2,1H3/t14-,16+,19+,21-,23+/m0/s1. The van der Waals surface area contributed by atoms with Gasteiger partial charge in [-0.25, -0.2) is 0 Å². The van der Waals surface area contributed by atoms with Gasteiger partial charge >= 0.3 is 5.97 Å². The molecule has 0 aromatic carbocycles. The van der Waals surface area contributed by atoms with Gasteiger partial charge < -0.3 is 44.3 Å². The van der Waals surface area contributed by atoms with E-state index in [1.54, 1.807) is 19.1 Å². The molecule has 0 amide bonds. The molecule has 1 saturated carbocycles. The minimum atomic E-state index is -1.20. The van der Waals surface area contributed by atoms with Crippen LogP contribution in [0.15, 0.2) is 28.0 Å². The number of fused-ring (bicyclic) bond motifs is 3. The molecule has 0 spiro atoms. The van der Waals surface area contributed by atoms with Crippen LogP contribution in [-0.2, 0) is 38.7 Å². The van der Waals surface area contributed by atoms with E-state index in [9.17, 15) is 30.3 Å². The number of rotatable bonds is 11. The van der Waals surface area contributed by atoms with Crippen molar-refractivity contribution >= 4 is 11.7 Å². The van der Waals surface area contributed by atoms with Gasteiger partial charge in [-0.1, -0.05) is 5.16 Å². The summed E-state index contributed by atoms with van der Waals surface area (Å²) in [6, 6.07) is 3.50. The summed E-state index contributed by atoms with van der Waals surface area (Å²) in [4.78, 5) is 17.1. The quantitative estimate of drug-likeness (QED) is 0.213. The van der Waals surface area contributed by atoms with Crippen molar-refractivity contribution in [1.82, 2.24) is 4.57 Å². The van der Waals surface area contributed by atoms with Crippen LogP contribution >= 0.6 is 0 Å². The third-order valence-corrected chi connectivity index (χ3v) is 6.86. The van der Waals surface area contributed by atoms with Gasteiger partial charge in [-0.3, -0.25) is 9.36 Å². The first-order valence-electron chi connectivity index (χ1n) is 12.4. The Balaban J connectivity index is 1.43. The van der Waals surface area contributed by atoms with E-state index in [0.29, 0.717) is 35.4 Å². The van der Waals surface area contributed by atoms with E-state index in [2.05, 4.69) is 5.16 Å². The summed E-state index contributed by atoms with van der Waals surface area (Å²) < 4.78 is 16.7. The van der Waals surface area contributed by atoms with E-state index in [4.69, 9.17) is 18.7 Å². The molecule has 37 heavy (non-hydrogen) atoms. The Hall–Kier alpha value is -3.06. The van der Waals surface area contributed by atoms with Crippen LogP contribution in [0.3, 0.4) is 0 Å². The predicted molar refractivity (Wildman–Crippen MR) is 128 cm³/mol. The molecule has 0 bridgehead atoms. The Morgan fingerprint density at radius 3 is 2.81 bits per heavy atom. The Bertz CT molecular complexity index is 1080. The highest BCUT2D eigenvalue weighted by atomic mass is 16.6. The Morgan fingerprint density at radius 2 is 2.08 bits per heavy atom. The van der Waals surface area contributed by atoms with E-state index >= 15 is 0 Å². The van der Waals surface area contributed by atoms with E-state index in [1.165, 1.54) is 10.8 Å². The third-order valence-electron chi connectivity index (χ3n) is 6.86. The van der Waals surface area contributed by atoms with Crippen LogP contribution in [-0.4, -0.2) is 79.9 Å². The van der Waals surface area contributed by atoms with Crippen LogP contribution in [0.4, 0.5) is 0 Å². The second-order valence-corrected chi connectivity index (χ2v) is 9.31. The molecule has 5 N–H and O–H groups in total. The zero-order valence-corrected chi connectivity index (χ0v) is 20.7. The van der Waals surface area contributed by atoms with Crippen LogP contribution in [0.1, 0.15) is 49.0 Å². The highest BCUT2D eigenvalue weighted by Crippen LogP contribution is 2.51. The molecule has 12 nitrogen and oxygen atoms in total. The molecule has 0 aliphatic heterocycles. The molecule has 2 aromatic heterocycles. The number of carbonyl (C=O) groups is 1. The van der Waals surface area contributed by atoms with Gasteiger partial charge in [0.1, 0.15) is 25.1 Å². The second-order valence-electron chi connectivity index (χ2n) is 9.31. The second kappa shape index (κ2) is 12.0. The average Bonchev–Trinajstić information content (AvgIpc) is 3.47. The smallest absolute Gasteiger partial charge is 0.307 e. The van der Waals surface area contributed by atoms with E-state index in [1.807, 2.05) is 0 Å². The lowest BCUT2D eigenvalue weighted by atomic mass is 9.66. The lowest BCUT2D eigenvalue weighted by molar-refractivity contribution is -0.143. The number of aromatic hydroxyl groups is 2. The summed E-state index contributed by atoms with van der Waals surface area (Å²) >= 11 is 0. The van der Waals surface area contributed by atoms with Crippen LogP contribution in [0, 0.1) is 5.92 Å². The number of aromatic nitrogens is 1. The number of hydrogen-bond acceptors (Lipinski definition) is 11. The Labute approximate surface area is 213 Å². The van der Waals surface area contributed by atoms with Crippen LogP contribution in [0.25, 0.3) is 0 Å². The fraction of sp³-hybridized carbons (Fsp3) is 0.600. The van der Waals surface area contributed by atoms with Gasteiger partial charge in [0.25, 0.3) is 0 Å². The minimum absolute atomic E-state index is 0.00345. The number of furan rings is 1. The lowest BCUT2D eigenvalue weighted by Gasteiger charge is -2.41. The van der Waals surface area contributed by atoms with Crippen LogP contribution in [0.2, 0.25) is 0 Å². The number of ether oxygens (including phenoxy) is 2. The summed E-state index contributed by atoms with van der Waals surface area (Å²) in [6.45, 7) is 2.01. The molecular weight excluding hydrogens is 488 g/mol. The lowest BCUT2D eigenvalue weighted by Crippen LogP contribution is -2.47. The molecule has 2 aliphatic carbocycles. The molecule has 12 heteroatoms. The first-order valence-corrected chi connectivity index (χ1v) is 12.4. The molecule has 2 aliphatic rings. The third kappa shape index (κ3) is 5.93. The fourth-order valence-electron chi connectivity index (χ4n) is 5.15. The first kappa shape index (κ1) is 27.0. The highest BCUT2D eigenvalue weighted by molar-refractivity contribution is 5.89. The summed E-state index contributed by atoms with van der Waals surface area (Å²) in [5, 5.41) is 57.4. The van der Waals surface area contributed by atoms with Crippen molar-refractivity contribution in [3.05, 3.63) is 35.3 Å². The first-order chi connectivity index (χ1) is 17.8. The van der Waals surface area contributed by atoms with Gasteiger partial charge in [0.05, 0.1) is 43.8 Å². The van der Waals surface area contributed by atoms with Crippen molar-refractivity contribution in [3.63, 3.8) is 0 Å². The molecule has 2 heterocycles. The Kier molecular flexibility index (Phi) is 8.75. The average molecular weight is 523 g/mol. The van der Waals surface area contributed by atoms with Crippen molar-refractivity contribution in [2.24, 2.45) is 11.1 Å². The topological polar surface area (TPSA) is 176 Å². The van der Waals surface area contributed by atoms with Gasteiger partial charge in [0.2, 0.25) is 0 Å². The number of carbonyl (C=O) groups excluding carboxylic acids is 1. The molecule has 0 radical (unpaired) electrons. The maximum absolute atomic E-state index is 11.8. The zero-order chi connectivity index (χ0) is 26.5. The van der Waals surface area contributed by atoms with E-state index in [-0.39, 0.29) is 63.5 Å². The number of oxime groups is 1. The SMILES string of the molecule is CCOC(=O)CCn1c(O)c2c(c1O)[C@H]1[C@H](O)[C@H](O)CC(=NOC[C@@H](O)COCc3ccco3)[C@H]1CC2. The summed E-state index contributed by atoms with van der Waals surface area (Å²) in [5.41, 5.74) is 1.30. The monoisotopic (exact) mass is 522 g/mol. The highest BCUT2D eigenvalue weighted by Gasteiger charge is 2.48. The van der Waals surface area contributed by atoms with E-state index < -0.39 is 30.2 Å². The van der Waals surface area contributed by atoms with Crippen molar-refractivity contribution in [3.8, 4) is 11.8 Å². The van der Waals surface area contributed by atoms with Gasteiger partial charge in [-0.05, 0) is 31.9 Å². The van der Waals surface area contributed by atoms with Gasteiger partial charge in [-0.15, -0.1) is 0 Å². The van der Waals surface area contributed by atoms with Gasteiger partial charge in [0.15, 0.2) is 11.8 Å².